The van der Waals surface area contributed by atoms with Crippen molar-refractivity contribution in [2.45, 2.75) is 12.8 Å². The molecule has 0 bridgehead atoms. The first-order chi connectivity index (χ1) is 4.16. The molecule has 5 heteroatoms. The Kier molecular flexibility index (Phi) is 9.38. The van der Waals surface area contributed by atoms with Gasteiger partial charge in [-0.2, -0.15) is 0 Å². The SMILES string of the molecule is COC(=O)CCC(=O)O.[CaH2]. The summed E-state index contributed by atoms with van der Waals surface area (Å²) in [4.78, 5) is 20.0. The van der Waals surface area contributed by atoms with Crippen LogP contribution in [-0.4, -0.2) is 61.9 Å². The van der Waals surface area contributed by atoms with Gasteiger partial charge < -0.3 is 9.84 Å². The van der Waals surface area contributed by atoms with Crippen molar-refractivity contribution in [3.63, 3.8) is 0 Å². The van der Waals surface area contributed by atoms with Gasteiger partial charge in [0.1, 0.15) is 0 Å². The van der Waals surface area contributed by atoms with Crippen LogP contribution >= 0.6 is 0 Å². The predicted octanol–water partition coefficient (Wildman–Crippen LogP) is -0.892. The van der Waals surface area contributed by atoms with Gasteiger partial charge in [-0.25, -0.2) is 0 Å². The van der Waals surface area contributed by atoms with Crippen molar-refractivity contribution in [3.8, 4) is 0 Å². The van der Waals surface area contributed by atoms with Gasteiger partial charge in [0.15, 0.2) is 0 Å². The topological polar surface area (TPSA) is 63.6 Å². The van der Waals surface area contributed by atoms with Gasteiger partial charge in [0.2, 0.25) is 0 Å². The molecule has 0 saturated heterocycles. The number of aliphatic carboxylic acids is 1. The molecule has 0 aliphatic rings. The Labute approximate surface area is 88.5 Å². The van der Waals surface area contributed by atoms with E-state index in [0.29, 0.717) is 0 Å². The third-order valence-corrected chi connectivity index (χ3v) is 0.771. The molecule has 56 valence electrons. The second kappa shape index (κ2) is 7.31. The van der Waals surface area contributed by atoms with E-state index in [9.17, 15) is 9.59 Å². The number of carboxylic acid groups (broad SMARTS) is 1. The number of hydrogen-bond donors (Lipinski definition) is 1. The molecule has 0 unspecified atom stereocenters. The first kappa shape index (κ1) is 12.8. The Morgan fingerprint density at radius 2 is 1.90 bits per heavy atom. The van der Waals surface area contributed by atoms with E-state index in [1.807, 2.05) is 0 Å². The van der Waals surface area contributed by atoms with Crippen molar-refractivity contribution in [2.75, 3.05) is 7.11 Å². The quantitative estimate of drug-likeness (QED) is 0.445. The van der Waals surface area contributed by atoms with Crippen LogP contribution in [0.3, 0.4) is 0 Å². The third-order valence-electron chi connectivity index (χ3n) is 0.771. The second-order valence-corrected chi connectivity index (χ2v) is 1.47. The van der Waals surface area contributed by atoms with Gasteiger partial charge in [-0.05, 0) is 0 Å². The van der Waals surface area contributed by atoms with Crippen LogP contribution in [0.1, 0.15) is 12.8 Å². The number of ether oxygens (including phenoxy) is 1. The van der Waals surface area contributed by atoms with E-state index in [-0.39, 0.29) is 50.6 Å². The summed E-state index contributed by atoms with van der Waals surface area (Å²) in [6.45, 7) is 0. The average Bonchev–Trinajstić information content (AvgIpc) is 1.83. The van der Waals surface area contributed by atoms with Crippen molar-refractivity contribution in [1.82, 2.24) is 0 Å². The number of carbonyl (C=O) groups excluding carboxylic acids is 1. The Balaban J connectivity index is 0. The van der Waals surface area contributed by atoms with Gasteiger partial charge in [-0.1, -0.05) is 0 Å². The molecule has 0 aromatic rings. The first-order valence-electron chi connectivity index (χ1n) is 2.45. The summed E-state index contributed by atoms with van der Waals surface area (Å²) < 4.78 is 4.20. The van der Waals surface area contributed by atoms with E-state index in [4.69, 9.17) is 5.11 Å². The third kappa shape index (κ3) is 8.20. The number of esters is 1. The van der Waals surface area contributed by atoms with Gasteiger partial charge in [0.05, 0.1) is 20.0 Å². The van der Waals surface area contributed by atoms with Crippen LogP contribution in [-0.2, 0) is 14.3 Å². The Morgan fingerprint density at radius 1 is 1.40 bits per heavy atom. The molecular formula is C5H10CaO4. The van der Waals surface area contributed by atoms with Crippen molar-refractivity contribution in [2.24, 2.45) is 0 Å². The zero-order valence-corrected chi connectivity index (χ0v) is 5.09. The summed E-state index contributed by atoms with van der Waals surface area (Å²) in [6, 6.07) is 0. The molecule has 0 spiro atoms. The molecule has 0 heterocycles. The van der Waals surface area contributed by atoms with Crippen LogP contribution in [0.4, 0.5) is 0 Å². The summed E-state index contributed by atoms with van der Waals surface area (Å²) in [7, 11) is 1.23. The summed E-state index contributed by atoms with van der Waals surface area (Å²) in [5, 5.41) is 8.05. The Morgan fingerprint density at radius 3 is 2.20 bits per heavy atom. The first-order valence-corrected chi connectivity index (χ1v) is 2.45. The fourth-order valence-corrected chi connectivity index (χ4v) is 0.311. The second-order valence-electron chi connectivity index (χ2n) is 1.47. The van der Waals surface area contributed by atoms with Crippen molar-refractivity contribution >= 4 is 49.7 Å². The molecule has 0 aromatic carbocycles. The van der Waals surface area contributed by atoms with Crippen molar-refractivity contribution < 1.29 is 19.4 Å². The van der Waals surface area contributed by atoms with Gasteiger partial charge in [-0.3, -0.25) is 9.59 Å². The summed E-state index contributed by atoms with van der Waals surface area (Å²) >= 11 is 0. The molecule has 0 aliphatic heterocycles. The molecule has 10 heavy (non-hydrogen) atoms. The number of carbonyl (C=O) groups is 2. The average molecular weight is 174 g/mol. The molecule has 0 atom stereocenters. The molecule has 4 nitrogen and oxygen atoms in total. The monoisotopic (exact) mass is 174 g/mol. The molecule has 1 N–H and O–H groups in total. The van der Waals surface area contributed by atoms with E-state index in [2.05, 4.69) is 4.74 Å². The summed E-state index contributed by atoms with van der Waals surface area (Å²) in [5.74, 6) is -1.47. The van der Waals surface area contributed by atoms with Gasteiger partial charge >= 0.3 is 49.7 Å². The number of carboxylic acids is 1. The van der Waals surface area contributed by atoms with Crippen LogP contribution < -0.4 is 0 Å². The predicted molar refractivity (Wildman–Crippen MR) is 37.4 cm³/mol. The zero-order valence-electron chi connectivity index (χ0n) is 5.09. The van der Waals surface area contributed by atoms with Crippen LogP contribution in [0.25, 0.3) is 0 Å². The maximum atomic E-state index is 10.2. The number of hydrogen-bond acceptors (Lipinski definition) is 3. The van der Waals surface area contributed by atoms with Crippen LogP contribution in [0.15, 0.2) is 0 Å². The van der Waals surface area contributed by atoms with Crippen molar-refractivity contribution in [1.29, 1.82) is 0 Å². The van der Waals surface area contributed by atoms with Gasteiger partial charge in [0, 0.05) is 0 Å². The van der Waals surface area contributed by atoms with Crippen molar-refractivity contribution in [3.05, 3.63) is 0 Å². The number of rotatable bonds is 3. The molecule has 0 saturated carbocycles. The molecule has 0 fully saturated rings. The fourth-order valence-electron chi connectivity index (χ4n) is 0.311. The molecule has 0 amide bonds. The molecule has 0 radical (unpaired) electrons. The van der Waals surface area contributed by atoms with E-state index in [1.165, 1.54) is 7.11 Å². The minimum atomic E-state index is -0.986. The van der Waals surface area contributed by atoms with E-state index in [1.54, 1.807) is 0 Å². The summed E-state index contributed by atoms with van der Waals surface area (Å²) in [6.07, 6.45) is -0.210. The van der Waals surface area contributed by atoms with Crippen LogP contribution in [0.2, 0.25) is 0 Å². The molecule has 0 aliphatic carbocycles. The van der Waals surface area contributed by atoms with Crippen LogP contribution in [0, 0.1) is 0 Å². The fraction of sp³-hybridized carbons (Fsp3) is 0.600. The minimum absolute atomic E-state index is 0. The summed E-state index contributed by atoms with van der Waals surface area (Å²) in [5.41, 5.74) is 0. The molecular weight excluding hydrogens is 164 g/mol. The zero-order chi connectivity index (χ0) is 7.28. The normalized spacial score (nSPS) is 7.70. The van der Waals surface area contributed by atoms with E-state index in [0.717, 1.165) is 0 Å². The number of methoxy groups -OCH3 is 1. The Hall–Kier alpha value is 0.200. The van der Waals surface area contributed by atoms with Gasteiger partial charge in [0.25, 0.3) is 0 Å². The van der Waals surface area contributed by atoms with E-state index >= 15 is 0 Å². The molecule has 0 aromatic heterocycles. The standard InChI is InChI=1S/C5H8O4.Ca.2H/c1-9-5(8)3-2-4(6)7;;;/h2-3H2,1H3,(H,6,7);;;. The van der Waals surface area contributed by atoms with Gasteiger partial charge in [-0.15, -0.1) is 0 Å². The maximum absolute atomic E-state index is 10.2. The Bertz CT molecular complexity index is 123. The molecule has 0 rings (SSSR count). The van der Waals surface area contributed by atoms with Crippen LogP contribution in [0.5, 0.6) is 0 Å². The van der Waals surface area contributed by atoms with E-state index < -0.39 is 11.9 Å².